The zero-order chi connectivity index (χ0) is 14.2. The second-order valence-corrected chi connectivity index (χ2v) is 5.41. The van der Waals surface area contributed by atoms with E-state index in [1.807, 2.05) is 0 Å². The number of amides is 1. The van der Waals surface area contributed by atoms with Gasteiger partial charge in [0.05, 0.1) is 7.11 Å². The second-order valence-electron chi connectivity index (χ2n) is 4.59. The first-order chi connectivity index (χ1) is 8.92. The summed E-state index contributed by atoms with van der Waals surface area (Å²) < 4.78 is 4.75. The first-order valence-corrected chi connectivity index (χ1v) is 6.49. The first-order valence-electron chi connectivity index (χ1n) is 5.73. The van der Waals surface area contributed by atoms with Crippen molar-refractivity contribution >= 4 is 35.1 Å². The highest BCUT2D eigenvalue weighted by atomic mass is 35.5. The zero-order valence-corrected chi connectivity index (χ0v) is 12.0. The summed E-state index contributed by atoms with van der Waals surface area (Å²) in [6.45, 7) is 1.85. The van der Waals surface area contributed by atoms with Crippen molar-refractivity contribution < 1.29 is 14.3 Å². The largest absolute Gasteiger partial charge is 0.468 e. The van der Waals surface area contributed by atoms with Crippen LogP contribution >= 0.6 is 23.2 Å². The molecule has 102 valence electrons. The highest BCUT2D eigenvalue weighted by molar-refractivity contribution is 6.36. The van der Waals surface area contributed by atoms with E-state index in [2.05, 4.69) is 5.32 Å². The predicted octanol–water partition coefficient (Wildman–Crippen LogP) is 2.39. The van der Waals surface area contributed by atoms with E-state index in [1.165, 1.54) is 7.11 Å². The molecule has 1 fully saturated rings. The summed E-state index contributed by atoms with van der Waals surface area (Å²) in [6.07, 6.45) is 0. The van der Waals surface area contributed by atoms with Crippen molar-refractivity contribution in [2.75, 3.05) is 13.7 Å². The smallest absolute Gasteiger partial charge is 0.321 e. The zero-order valence-electron chi connectivity index (χ0n) is 10.5. The number of benzene rings is 1. The summed E-state index contributed by atoms with van der Waals surface area (Å²) in [5, 5.41) is 3.54. The Hall–Kier alpha value is -1.26. The molecule has 1 aliphatic rings. The molecule has 1 N–H and O–H groups in total. The molecule has 4 nitrogen and oxygen atoms in total. The molecule has 2 unspecified atom stereocenters. The normalized spacial score (nSPS) is 26.1. The lowest BCUT2D eigenvalue weighted by Crippen LogP contribution is -2.40. The molecule has 0 radical (unpaired) electrons. The Morgan fingerprint density at radius 1 is 1.42 bits per heavy atom. The lowest BCUT2D eigenvalue weighted by molar-refractivity contribution is -0.156. The molecule has 1 amide bonds. The summed E-state index contributed by atoms with van der Waals surface area (Å²) in [5.41, 5.74) is -0.722. The van der Waals surface area contributed by atoms with Crippen LogP contribution in [0, 0.1) is 5.41 Å². The highest BCUT2D eigenvalue weighted by Gasteiger charge is 2.54. The minimum Gasteiger partial charge on any atom is -0.468 e. The lowest BCUT2D eigenvalue weighted by atomic mass is 9.75. The summed E-state index contributed by atoms with van der Waals surface area (Å²) in [4.78, 5) is 24.0. The number of rotatable bonds is 2. The van der Waals surface area contributed by atoms with Gasteiger partial charge in [0.15, 0.2) is 5.41 Å². The minimum absolute atomic E-state index is 0.299. The maximum absolute atomic E-state index is 12.0. The average Bonchev–Trinajstić information content (AvgIpc) is 2.67. The molecule has 0 saturated carbocycles. The molecule has 0 aliphatic carbocycles. The van der Waals surface area contributed by atoms with Gasteiger partial charge in [0.1, 0.15) is 0 Å². The molecule has 1 saturated heterocycles. The fourth-order valence-electron chi connectivity index (χ4n) is 2.42. The molecule has 0 bridgehead atoms. The van der Waals surface area contributed by atoms with Crippen molar-refractivity contribution in [3.05, 3.63) is 33.8 Å². The summed E-state index contributed by atoms with van der Waals surface area (Å²) >= 11 is 12.3. The van der Waals surface area contributed by atoms with E-state index in [-0.39, 0.29) is 5.91 Å². The summed E-state index contributed by atoms with van der Waals surface area (Å²) in [5.74, 6) is -1.42. The van der Waals surface area contributed by atoms with Crippen LogP contribution in [0.1, 0.15) is 18.4 Å². The van der Waals surface area contributed by atoms with Gasteiger partial charge >= 0.3 is 5.97 Å². The number of ether oxygens (including phenoxy) is 1. The standard InChI is InChI=1S/C13H13Cl2NO3/c1-13(12(18)19-2)7(6-16-11(13)17)10-8(14)4-3-5-9(10)15/h3-5,7H,6H2,1-2H3,(H,16,17). The Kier molecular flexibility index (Phi) is 3.74. The van der Waals surface area contributed by atoms with Crippen LogP contribution < -0.4 is 5.32 Å². The first kappa shape index (κ1) is 14.2. The van der Waals surface area contributed by atoms with Crippen LogP contribution in [0.4, 0.5) is 0 Å². The van der Waals surface area contributed by atoms with Gasteiger partial charge in [-0.15, -0.1) is 0 Å². The van der Waals surface area contributed by atoms with Crippen molar-refractivity contribution in [1.29, 1.82) is 0 Å². The molecule has 1 aromatic carbocycles. The monoisotopic (exact) mass is 301 g/mol. The van der Waals surface area contributed by atoms with E-state index in [9.17, 15) is 9.59 Å². The van der Waals surface area contributed by atoms with E-state index in [0.29, 0.717) is 22.2 Å². The Balaban J connectivity index is 2.56. The number of carbonyl (C=O) groups excluding carboxylic acids is 2. The van der Waals surface area contributed by atoms with Gasteiger partial charge in [0.25, 0.3) is 0 Å². The molecule has 0 spiro atoms. The van der Waals surface area contributed by atoms with Gasteiger partial charge < -0.3 is 10.1 Å². The van der Waals surface area contributed by atoms with Crippen LogP contribution in [-0.4, -0.2) is 25.5 Å². The maximum Gasteiger partial charge on any atom is 0.321 e. The van der Waals surface area contributed by atoms with Crippen LogP contribution in [0.15, 0.2) is 18.2 Å². The summed E-state index contributed by atoms with van der Waals surface area (Å²) in [7, 11) is 1.25. The Morgan fingerprint density at radius 2 is 2.00 bits per heavy atom. The molecule has 19 heavy (non-hydrogen) atoms. The molecule has 1 aromatic rings. The minimum atomic E-state index is -1.32. The third-order valence-electron chi connectivity index (χ3n) is 3.59. The van der Waals surface area contributed by atoms with Crippen molar-refractivity contribution in [2.45, 2.75) is 12.8 Å². The van der Waals surface area contributed by atoms with Crippen molar-refractivity contribution in [1.82, 2.24) is 5.32 Å². The van der Waals surface area contributed by atoms with Gasteiger partial charge in [0.2, 0.25) is 5.91 Å². The van der Waals surface area contributed by atoms with E-state index in [1.54, 1.807) is 25.1 Å². The quantitative estimate of drug-likeness (QED) is 0.674. The number of esters is 1. The van der Waals surface area contributed by atoms with Crippen LogP contribution in [0.3, 0.4) is 0 Å². The number of nitrogens with one attached hydrogen (secondary N) is 1. The number of hydrogen-bond donors (Lipinski definition) is 1. The molecule has 2 atom stereocenters. The molecular weight excluding hydrogens is 289 g/mol. The number of carbonyl (C=O) groups is 2. The topological polar surface area (TPSA) is 55.4 Å². The van der Waals surface area contributed by atoms with E-state index >= 15 is 0 Å². The van der Waals surface area contributed by atoms with Crippen molar-refractivity contribution in [2.24, 2.45) is 5.41 Å². The third kappa shape index (κ3) is 2.09. The van der Waals surface area contributed by atoms with Crippen LogP contribution in [0.2, 0.25) is 10.0 Å². The van der Waals surface area contributed by atoms with Crippen molar-refractivity contribution in [3.63, 3.8) is 0 Å². The number of hydrogen-bond acceptors (Lipinski definition) is 3. The van der Waals surface area contributed by atoms with Gasteiger partial charge in [-0.3, -0.25) is 9.59 Å². The second kappa shape index (κ2) is 5.02. The lowest BCUT2D eigenvalue weighted by Gasteiger charge is -2.26. The van der Waals surface area contributed by atoms with Crippen LogP contribution in [0.5, 0.6) is 0 Å². The molecule has 2 rings (SSSR count). The Labute approximate surface area is 121 Å². The fraction of sp³-hybridized carbons (Fsp3) is 0.385. The van der Waals surface area contributed by atoms with Gasteiger partial charge in [0, 0.05) is 22.5 Å². The maximum atomic E-state index is 12.0. The fourth-order valence-corrected chi connectivity index (χ4v) is 3.08. The van der Waals surface area contributed by atoms with Gasteiger partial charge in [-0.25, -0.2) is 0 Å². The van der Waals surface area contributed by atoms with Gasteiger partial charge in [-0.05, 0) is 24.6 Å². The average molecular weight is 302 g/mol. The molecule has 1 aliphatic heterocycles. The predicted molar refractivity (Wildman–Crippen MR) is 72.3 cm³/mol. The SMILES string of the molecule is COC(=O)C1(C)C(=O)NCC1c1c(Cl)cccc1Cl. The molecule has 6 heteroatoms. The van der Waals surface area contributed by atoms with Gasteiger partial charge in [-0.1, -0.05) is 29.3 Å². The van der Waals surface area contributed by atoms with Gasteiger partial charge in [-0.2, -0.15) is 0 Å². The Bertz CT molecular complexity index is 526. The molecular formula is C13H13Cl2NO3. The van der Waals surface area contributed by atoms with E-state index in [0.717, 1.165) is 0 Å². The number of halogens is 2. The summed E-state index contributed by atoms with van der Waals surface area (Å²) in [6, 6.07) is 5.08. The Morgan fingerprint density at radius 3 is 2.53 bits per heavy atom. The van der Waals surface area contributed by atoms with Crippen LogP contribution in [0.25, 0.3) is 0 Å². The molecule has 0 aromatic heterocycles. The van der Waals surface area contributed by atoms with E-state index in [4.69, 9.17) is 27.9 Å². The third-order valence-corrected chi connectivity index (χ3v) is 4.25. The van der Waals surface area contributed by atoms with Crippen LogP contribution in [-0.2, 0) is 14.3 Å². The van der Waals surface area contributed by atoms with Crippen molar-refractivity contribution in [3.8, 4) is 0 Å². The molecule has 1 heterocycles. The highest BCUT2D eigenvalue weighted by Crippen LogP contribution is 2.45. The van der Waals surface area contributed by atoms with E-state index < -0.39 is 17.3 Å². The number of methoxy groups -OCH3 is 1.